The molecule has 1 nitrogen and oxygen atoms in total. The smallest absolute Gasteiger partial charge is 0.147 e. The third-order valence-corrected chi connectivity index (χ3v) is 2.06. The van der Waals surface area contributed by atoms with Crippen molar-refractivity contribution in [3.05, 3.63) is 22.4 Å². The fourth-order valence-electron chi connectivity index (χ4n) is 0.605. The molecule has 0 fully saturated rings. The molecule has 0 amide bonds. The highest BCUT2D eigenvalue weighted by Gasteiger charge is 2.01. The number of hydrogen-bond acceptors (Lipinski definition) is 1. The molecule has 0 saturated carbocycles. The van der Waals surface area contributed by atoms with Gasteiger partial charge >= 0.3 is 0 Å². The van der Waals surface area contributed by atoms with E-state index in [-0.39, 0.29) is 11.5 Å². The summed E-state index contributed by atoms with van der Waals surface area (Å²) in [6, 6.07) is 3.08. The zero-order valence-electron chi connectivity index (χ0n) is 5.07. The molecule has 0 saturated heterocycles. The number of benzene rings is 1. The highest BCUT2D eigenvalue weighted by molar-refractivity contribution is 9.10. The van der Waals surface area contributed by atoms with Gasteiger partial charge in [-0.05, 0) is 17.4 Å². The zero-order chi connectivity index (χ0) is 7.72. The summed E-state index contributed by atoms with van der Waals surface area (Å²) >= 11 is 3.14. The lowest BCUT2D eigenvalue weighted by molar-refractivity contribution is 0.632. The molecule has 0 spiro atoms. The van der Waals surface area contributed by atoms with Gasteiger partial charge in [0.15, 0.2) is 0 Å². The molecular formula is C6H6BrFNP. The average Bonchev–Trinajstić information content (AvgIpc) is 1.82. The second-order valence-corrected chi connectivity index (χ2v) is 3.43. The van der Waals surface area contributed by atoms with Crippen molar-refractivity contribution >= 4 is 36.2 Å². The fourth-order valence-corrected chi connectivity index (χ4v) is 1.61. The van der Waals surface area contributed by atoms with Crippen molar-refractivity contribution in [3.63, 3.8) is 0 Å². The highest BCUT2D eigenvalue weighted by Crippen LogP contribution is 2.16. The Labute approximate surface area is 69.1 Å². The van der Waals surface area contributed by atoms with E-state index in [2.05, 4.69) is 25.2 Å². The summed E-state index contributed by atoms with van der Waals surface area (Å²) in [7, 11) is 2.36. The van der Waals surface area contributed by atoms with Crippen LogP contribution in [-0.4, -0.2) is 0 Å². The van der Waals surface area contributed by atoms with Crippen molar-refractivity contribution in [2.45, 2.75) is 0 Å². The first kappa shape index (κ1) is 7.96. The monoisotopic (exact) mass is 221 g/mol. The minimum Gasteiger partial charge on any atom is -0.396 e. The van der Waals surface area contributed by atoms with E-state index in [4.69, 9.17) is 5.73 Å². The molecule has 2 N–H and O–H groups in total. The van der Waals surface area contributed by atoms with Crippen LogP contribution in [0.1, 0.15) is 0 Å². The molecule has 1 unspecified atom stereocenters. The molecule has 54 valence electrons. The number of hydrogen-bond donors (Lipinski definition) is 1. The summed E-state index contributed by atoms with van der Waals surface area (Å²) < 4.78 is 13.4. The van der Waals surface area contributed by atoms with E-state index in [1.165, 1.54) is 6.07 Å². The molecule has 1 aromatic carbocycles. The van der Waals surface area contributed by atoms with E-state index in [1.54, 1.807) is 6.07 Å². The molecule has 0 aliphatic carbocycles. The first-order valence-electron chi connectivity index (χ1n) is 2.61. The average molecular weight is 222 g/mol. The number of rotatable bonds is 0. The van der Waals surface area contributed by atoms with E-state index < -0.39 is 0 Å². The summed E-state index contributed by atoms with van der Waals surface area (Å²) in [5.74, 6) is -0.389. The van der Waals surface area contributed by atoms with Gasteiger partial charge in [-0.3, -0.25) is 0 Å². The van der Waals surface area contributed by atoms with Gasteiger partial charge in [-0.1, -0.05) is 15.9 Å². The summed E-state index contributed by atoms with van der Waals surface area (Å²) in [6.45, 7) is 0. The lowest BCUT2D eigenvalue weighted by Crippen LogP contribution is -2.03. The summed E-state index contributed by atoms with van der Waals surface area (Å²) in [5, 5.41) is 0.673. The summed E-state index contributed by atoms with van der Waals surface area (Å²) in [6.07, 6.45) is 0. The summed E-state index contributed by atoms with van der Waals surface area (Å²) in [4.78, 5) is 0. The molecular weight excluding hydrogens is 216 g/mol. The van der Waals surface area contributed by atoms with Crippen LogP contribution >= 0.6 is 25.2 Å². The minimum atomic E-state index is -0.389. The maximum Gasteiger partial charge on any atom is 0.147 e. The summed E-state index contributed by atoms with van der Waals surface area (Å²) in [5.41, 5.74) is 5.52. The van der Waals surface area contributed by atoms with Crippen molar-refractivity contribution in [2.24, 2.45) is 0 Å². The van der Waals surface area contributed by atoms with E-state index in [9.17, 15) is 4.39 Å². The number of anilines is 1. The third-order valence-electron chi connectivity index (χ3n) is 1.13. The van der Waals surface area contributed by atoms with Gasteiger partial charge in [0.05, 0.1) is 5.69 Å². The van der Waals surface area contributed by atoms with E-state index in [0.717, 1.165) is 0 Å². The molecule has 0 heterocycles. The van der Waals surface area contributed by atoms with Crippen LogP contribution < -0.4 is 11.0 Å². The van der Waals surface area contributed by atoms with Crippen LogP contribution in [0.15, 0.2) is 16.6 Å². The predicted molar refractivity (Wildman–Crippen MR) is 47.9 cm³/mol. The lowest BCUT2D eigenvalue weighted by Gasteiger charge is -2.00. The Morgan fingerprint density at radius 3 is 2.60 bits per heavy atom. The fraction of sp³-hybridized carbons (Fsp3) is 0. The Hall–Kier alpha value is -0.140. The van der Waals surface area contributed by atoms with Gasteiger partial charge in [0, 0.05) is 4.47 Å². The molecule has 0 bridgehead atoms. The lowest BCUT2D eigenvalue weighted by atomic mass is 10.3. The van der Waals surface area contributed by atoms with Crippen molar-refractivity contribution < 1.29 is 4.39 Å². The molecule has 0 aliphatic rings. The normalized spacial score (nSPS) is 9.90. The van der Waals surface area contributed by atoms with Crippen molar-refractivity contribution in [3.8, 4) is 0 Å². The Morgan fingerprint density at radius 2 is 2.10 bits per heavy atom. The molecule has 0 radical (unpaired) electrons. The van der Waals surface area contributed by atoms with Gasteiger partial charge < -0.3 is 5.73 Å². The quantitative estimate of drug-likeness (QED) is 0.524. The topological polar surface area (TPSA) is 26.0 Å². The van der Waals surface area contributed by atoms with E-state index >= 15 is 0 Å². The van der Waals surface area contributed by atoms with Gasteiger partial charge in [-0.25, -0.2) is 4.39 Å². The van der Waals surface area contributed by atoms with E-state index in [0.29, 0.717) is 9.78 Å². The Kier molecular flexibility index (Phi) is 2.27. The molecule has 0 aliphatic heterocycles. The Bertz CT molecular complexity index is 241. The standard InChI is InChI=1S/C6H6BrFNP/c7-3-1-4(8)6(9)5(10)2-3/h1-2H,9-10H2. The SMILES string of the molecule is Nc1c(F)cc(Br)cc1P. The molecule has 4 heteroatoms. The highest BCUT2D eigenvalue weighted by atomic mass is 79.9. The predicted octanol–water partition coefficient (Wildman–Crippen LogP) is 1.67. The van der Waals surface area contributed by atoms with Crippen molar-refractivity contribution in [2.75, 3.05) is 5.73 Å². The molecule has 0 aromatic heterocycles. The van der Waals surface area contributed by atoms with Crippen molar-refractivity contribution in [1.82, 2.24) is 0 Å². The van der Waals surface area contributed by atoms with Gasteiger partial charge in [0.2, 0.25) is 0 Å². The third kappa shape index (κ3) is 1.47. The minimum absolute atomic E-state index is 0.188. The number of halogens is 2. The van der Waals surface area contributed by atoms with Crippen LogP contribution in [-0.2, 0) is 0 Å². The van der Waals surface area contributed by atoms with Gasteiger partial charge in [0.25, 0.3) is 0 Å². The Morgan fingerprint density at radius 1 is 1.50 bits per heavy atom. The second kappa shape index (κ2) is 2.85. The largest absolute Gasteiger partial charge is 0.396 e. The number of nitrogen functional groups attached to an aromatic ring is 1. The van der Waals surface area contributed by atoms with Gasteiger partial charge in [-0.15, -0.1) is 9.24 Å². The molecule has 1 atom stereocenters. The molecule has 1 rings (SSSR count). The van der Waals surface area contributed by atoms with Gasteiger partial charge in [0.1, 0.15) is 5.82 Å². The Balaban J connectivity index is 3.31. The van der Waals surface area contributed by atoms with Crippen LogP contribution in [0.5, 0.6) is 0 Å². The van der Waals surface area contributed by atoms with Crippen molar-refractivity contribution in [1.29, 1.82) is 0 Å². The molecule has 10 heavy (non-hydrogen) atoms. The van der Waals surface area contributed by atoms with Crippen LogP contribution in [0.4, 0.5) is 10.1 Å². The molecule has 1 aromatic rings. The maximum absolute atomic E-state index is 12.7. The number of nitrogens with two attached hydrogens (primary N) is 1. The van der Waals surface area contributed by atoms with Crippen LogP contribution in [0.25, 0.3) is 0 Å². The maximum atomic E-state index is 12.7. The van der Waals surface area contributed by atoms with Crippen LogP contribution in [0, 0.1) is 5.82 Å². The van der Waals surface area contributed by atoms with Crippen LogP contribution in [0.3, 0.4) is 0 Å². The first-order valence-corrected chi connectivity index (χ1v) is 3.98. The van der Waals surface area contributed by atoms with Gasteiger partial charge in [-0.2, -0.15) is 0 Å². The second-order valence-electron chi connectivity index (χ2n) is 1.89. The van der Waals surface area contributed by atoms with E-state index in [1.807, 2.05) is 0 Å². The first-order chi connectivity index (χ1) is 4.61. The van der Waals surface area contributed by atoms with Crippen LogP contribution in [0.2, 0.25) is 0 Å². The zero-order valence-corrected chi connectivity index (χ0v) is 7.81.